The van der Waals surface area contributed by atoms with Crippen LogP contribution in [0, 0.1) is 0 Å². The molecule has 3 aromatic rings. The molecular weight excluding hydrogens is 402 g/mol. The first-order valence-corrected chi connectivity index (χ1v) is 10.8. The number of rotatable bonds is 7. The minimum Gasteiger partial charge on any atom is -0.385 e. The predicted molar refractivity (Wildman–Crippen MR) is 107 cm³/mol. The summed E-state index contributed by atoms with van der Waals surface area (Å²) in [6.07, 6.45) is 1.97. The lowest BCUT2D eigenvalue weighted by atomic mass is 10.3. The summed E-state index contributed by atoms with van der Waals surface area (Å²) in [5, 5.41) is 10.4. The fourth-order valence-corrected chi connectivity index (χ4v) is 3.67. The van der Waals surface area contributed by atoms with Crippen molar-refractivity contribution in [1.29, 1.82) is 0 Å². The van der Waals surface area contributed by atoms with E-state index in [4.69, 9.17) is 4.84 Å². The summed E-state index contributed by atoms with van der Waals surface area (Å²) in [5.74, 6) is -0.377. The van der Waals surface area contributed by atoms with Gasteiger partial charge in [-0.25, -0.2) is 12.7 Å². The number of fused-ring (bicyclic) bond motifs is 1. The molecule has 148 valence electrons. The Kier molecular flexibility index (Phi) is 5.87. The van der Waals surface area contributed by atoms with Gasteiger partial charge in [-0.1, -0.05) is 4.85 Å². The van der Waals surface area contributed by atoms with E-state index in [2.05, 4.69) is 15.6 Å². The first-order chi connectivity index (χ1) is 13.3. The highest BCUT2D eigenvalue weighted by Gasteiger charge is 2.19. The van der Waals surface area contributed by atoms with E-state index < -0.39 is 10.0 Å². The van der Waals surface area contributed by atoms with E-state index in [1.165, 1.54) is 32.3 Å². The van der Waals surface area contributed by atoms with Gasteiger partial charge in [-0.2, -0.15) is 0 Å². The Labute approximate surface area is 166 Å². The maximum Gasteiger partial charge on any atom is 0.265 e. The Bertz CT molecular complexity index is 1090. The van der Waals surface area contributed by atoms with E-state index in [1.807, 2.05) is 18.4 Å². The highest BCUT2D eigenvalue weighted by molar-refractivity contribution is 7.98. The standard InChI is InChI=1S/C17H19N5O4S2/c1-21(2)28(24,25)14-8-9-15-16(10-14)22(20-19-15)26-11-17(23)18-12-4-6-13(27-3)7-5-12/h4-10H,11H2,1-3H3,(H,18,23). The molecule has 1 N–H and O–H groups in total. The third-order valence-electron chi connectivity index (χ3n) is 3.86. The van der Waals surface area contributed by atoms with Crippen LogP contribution < -0.4 is 10.2 Å². The van der Waals surface area contributed by atoms with Crippen LogP contribution in [0.5, 0.6) is 0 Å². The van der Waals surface area contributed by atoms with Crippen molar-refractivity contribution >= 4 is 44.4 Å². The molecule has 1 heterocycles. The van der Waals surface area contributed by atoms with Gasteiger partial charge >= 0.3 is 0 Å². The lowest BCUT2D eigenvalue weighted by molar-refractivity contribution is -0.121. The van der Waals surface area contributed by atoms with Gasteiger partial charge in [0, 0.05) is 24.7 Å². The molecule has 0 radical (unpaired) electrons. The second-order valence-corrected chi connectivity index (χ2v) is 8.98. The molecule has 0 fully saturated rings. The number of nitrogens with zero attached hydrogens (tertiary/aromatic N) is 4. The number of aromatic nitrogens is 3. The van der Waals surface area contributed by atoms with Crippen LogP contribution in [0.4, 0.5) is 5.69 Å². The Balaban J connectivity index is 1.72. The van der Waals surface area contributed by atoms with E-state index in [9.17, 15) is 13.2 Å². The van der Waals surface area contributed by atoms with Gasteiger partial charge < -0.3 is 10.2 Å². The summed E-state index contributed by atoms with van der Waals surface area (Å²) in [6, 6.07) is 11.8. The Morgan fingerprint density at radius 1 is 1.21 bits per heavy atom. The molecule has 0 aliphatic carbocycles. The van der Waals surface area contributed by atoms with Crippen molar-refractivity contribution in [3.63, 3.8) is 0 Å². The zero-order chi connectivity index (χ0) is 20.3. The van der Waals surface area contributed by atoms with Crippen LogP contribution in [-0.2, 0) is 14.8 Å². The van der Waals surface area contributed by atoms with Gasteiger partial charge in [0.25, 0.3) is 5.91 Å². The molecule has 0 atom stereocenters. The molecule has 0 aliphatic heterocycles. The normalized spacial score (nSPS) is 11.7. The van der Waals surface area contributed by atoms with Gasteiger partial charge in [0.2, 0.25) is 10.0 Å². The van der Waals surface area contributed by atoms with Crippen LogP contribution in [0.15, 0.2) is 52.3 Å². The second-order valence-electron chi connectivity index (χ2n) is 5.95. The third kappa shape index (κ3) is 4.26. The van der Waals surface area contributed by atoms with Crippen LogP contribution >= 0.6 is 11.8 Å². The van der Waals surface area contributed by atoms with Crippen LogP contribution in [-0.4, -0.2) is 60.7 Å². The van der Waals surface area contributed by atoms with E-state index in [0.717, 1.165) is 14.0 Å². The van der Waals surface area contributed by atoms with Crippen molar-refractivity contribution < 1.29 is 18.0 Å². The minimum atomic E-state index is -3.61. The van der Waals surface area contributed by atoms with Crippen molar-refractivity contribution in [3.05, 3.63) is 42.5 Å². The molecule has 0 saturated carbocycles. The minimum absolute atomic E-state index is 0.0792. The van der Waals surface area contributed by atoms with Crippen LogP contribution in [0.3, 0.4) is 0 Å². The lowest BCUT2D eigenvalue weighted by Crippen LogP contribution is -2.26. The van der Waals surface area contributed by atoms with Gasteiger partial charge in [0.1, 0.15) is 11.0 Å². The van der Waals surface area contributed by atoms with Crippen molar-refractivity contribution in [1.82, 2.24) is 19.5 Å². The molecule has 9 nitrogen and oxygen atoms in total. The van der Waals surface area contributed by atoms with Crippen molar-refractivity contribution in [2.45, 2.75) is 9.79 Å². The van der Waals surface area contributed by atoms with Crippen molar-refractivity contribution in [3.8, 4) is 0 Å². The lowest BCUT2D eigenvalue weighted by Gasteiger charge is -2.11. The fourth-order valence-electron chi connectivity index (χ4n) is 2.34. The highest BCUT2D eigenvalue weighted by atomic mass is 32.2. The smallest absolute Gasteiger partial charge is 0.265 e. The number of carbonyl (C=O) groups excluding carboxylic acids is 1. The molecule has 2 aromatic carbocycles. The maximum atomic E-state index is 12.3. The quantitative estimate of drug-likeness (QED) is 0.576. The summed E-state index contributed by atoms with van der Waals surface area (Å²) < 4.78 is 25.7. The number of carbonyl (C=O) groups is 1. The first kappa shape index (κ1) is 20.1. The highest BCUT2D eigenvalue weighted by Crippen LogP contribution is 2.19. The van der Waals surface area contributed by atoms with Crippen molar-refractivity contribution in [2.24, 2.45) is 0 Å². The summed E-state index contributed by atoms with van der Waals surface area (Å²) in [4.78, 5) is 19.7. The van der Waals surface area contributed by atoms with Crippen LogP contribution in [0.2, 0.25) is 0 Å². The summed E-state index contributed by atoms with van der Waals surface area (Å²) in [6.45, 7) is -0.312. The maximum absolute atomic E-state index is 12.3. The van der Waals surface area contributed by atoms with Gasteiger partial charge in [-0.15, -0.1) is 16.9 Å². The summed E-state index contributed by atoms with van der Waals surface area (Å²) in [5.41, 5.74) is 1.44. The molecule has 0 saturated heterocycles. The molecule has 3 rings (SSSR count). The third-order valence-corrected chi connectivity index (χ3v) is 6.41. The molecule has 1 amide bonds. The molecule has 28 heavy (non-hydrogen) atoms. The largest absolute Gasteiger partial charge is 0.385 e. The zero-order valence-electron chi connectivity index (χ0n) is 15.5. The van der Waals surface area contributed by atoms with Gasteiger partial charge in [-0.05, 0) is 53.9 Å². The van der Waals surface area contributed by atoms with Crippen molar-refractivity contribution in [2.75, 3.05) is 32.3 Å². The molecule has 1 aromatic heterocycles. The van der Waals surface area contributed by atoms with Crippen LogP contribution in [0.25, 0.3) is 11.0 Å². The average Bonchev–Trinajstić information content (AvgIpc) is 3.09. The second kappa shape index (κ2) is 8.17. The number of thioether (sulfide) groups is 1. The fraction of sp³-hybridized carbons (Fsp3) is 0.235. The SMILES string of the molecule is CSc1ccc(NC(=O)COn2nnc3ccc(S(=O)(=O)N(C)C)cc32)cc1. The number of benzene rings is 2. The van der Waals surface area contributed by atoms with Crippen LogP contribution in [0.1, 0.15) is 0 Å². The van der Waals surface area contributed by atoms with Gasteiger partial charge in [-0.3, -0.25) is 4.79 Å². The Hall–Kier alpha value is -2.63. The van der Waals surface area contributed by atoms with Gasteiger partial charge in [0.15, 0.2) is 6.61 Å². The molecule has 0 unspecified atom stereocenters. The van der Waals surface area contributed by atoms with Gasteiger partial charge in [0.05, 0.1) is 4.90 Å². The number of hydrogen-bond donors (Lipinski definition) is 1. The number of hydrogen-bond acceptors (Lipinski definition) is 7. The number of sulfonamides is 1. The average molecular weight is 422 g/mol. The molecule has 0 spiro atoms. The Morgan fingerprint density at radius 3 is 2.57 bits per heavy atom. The molecule has 0 bridgehead atoms. The molecule has 11 heteroatoms. The molecule has 0 aliphatic rings. The monoisotopic (exact) mass is 421 g/mol. The summed E-state index contributed by atoms with van der Waals surface area (Å²) >= 11 is 1.61. The molecular formula is C17H19N5O4S2. The van der Waals surface area contributed by atoms with E-state index in [1.54, 1.807) is 23.9 Å². The number of amides is 1. The number of nitrogens with one attached hydrogen (secondary N) is 1. The predicted octanol–water partition coefficient (Wildman–Crippen LogP) is 1.47. The zero-order valence-corrected chi connectivity index (χ0v) is 17.1. The first-order valence-electron chi connectivity index (χ1n) is 8.16. The summed E-state index contributed by atoms with van der Waals surface area (Å²) in [7, 11) is -0.721. The van der Waals surface area contributed by atoms with E-state index in [0.29, 0.717) is 16.7 Å². The van der Waals surface area contributed by atoms with E-state index in [-0.39, 0.29) is 17.4 Å². The Morgan fingerprint density at radius 2 is 1.93 bits per heavy atom. The topological polar surface area (TPSA) is 106 Å². The van der Waals surface area contributed by atoms with E-state index >= 15 is 0 Å². The number of anilines is 1.